The summed E-state index contributed by atoms with van der Waals surface area (Å²) in [5.41, 5.74) is 11.4. The van der Waals surface area contributed by atoms with Gasteiger partial charge in [-0.25, -0.2) is 0 Å². The third kappa shape index (κ3) is 2.88. The lowest BCUT2D eigenvalue weighted by molar-refractivity contribution is 0.770. The molecule has 170 valence electrons. The van der Waals surface area contributed by atoms with Gasteiger partial charge in [0.15, 0.2) is 0 Å². The largest absolute Gasteiger partial charge is 0.0719 e. The lowest BCUT2D eigenvalue weighted by atomic mass is 9.66. The van der Waals surface area contributed by atoms with Crippen LogP contribution in [0.4, 0.5) is 0 Å². The third-order valence-electron chi connectivity index (χ3n) is 7.77. The normalized spacial score (nSPS) is 13.4. The Morgan fingerprint density at radius 2 is 1.00 bits per heavy atom. The molecule has 0 heteroatoms. The molecule has 0 atom stereocenters. The van der Waals surface area contributed by atoms with Gasteiger partial charge in [-0.3, -0.25) is 0 Å². The molecule has 0 fully saturated rings. The van der Waals surface area contributed by atoms with Crippen molar-refractivity contribution in [1.29, 1.82) is 0 Å². The van der Waals surface area contributed by atoms with Crippen LogP contribution in [-0.2, 0) is 5.41 Å². The van der Waals surface area contributed by atoms with E-state index in [0.29, 0.717) is 0 Å². The van der Waals surface area contributed by atoms with E-state index in [1.807, 2.05) is 0 Å². The highest BCUT2D eigenvalue weighted by molar-refractivity contribution is 6.01. The first kappa shape index (κ1) is 20.9. The summed E-state index contributed by atoms with van der Waals surface area (Å²) in [7, 11) is 0. The van der Waals surface area contributed by atoms with E-state index in [0.717, 1.165) is 0 Å². The zero-order chi connectivity index (χ0) is 24.1. The summed E-state index contributed by atoms with van der Waals surface area (Å²) in [6.07, 6.45) is 0. The molecule has 0 nitrogen and oxygen atoms in total. The van der Waals surface area contributed by atoms with E-state index in [1.54, 1.807) is 0 Å². The fourth-order valence-corrected chi connectivity index (χ4v) is 6.41. The van der Waals surface area contributed by atoms with Crippen molar-refractivity contribution in [1.82, 2.24) is 0 Å². The van der Waals surface area contributed by atoms with E-state index < -0.39 is 5.41 Å². The van der Waals surface area contributed by atoms with E-state index in [1.165, 1.54) is 60.8 Å². The molecular formula is C36H26. The first-order valence-corrected chi connectivity index (χ1v) is 12.6. The van der Waals surface area contributed by atoms with Crippen molar-refractivity contribution < 1.29 is 0 Å². The molecule has 0 spiro atoms. The standard InChI is InChI=1S/C36H26/c1-25-23-26-13-8-9-18-29(26)33(24-25)32-21-12-20-31-30-19-10-11-22-34(30)36(35(31)32,27-14-4-2-5-15-27)28-16-6-3-7-17-28/h2-24H,1H3. The molecule has 0 unspecified atom stereocenters. The van der Waals surface area contributed by atoms with Gasteiger partial charge < -0.3 is 0 Å². The lowest BCUT2D eigenvalue weighted by Crippen LogP contribution is -2.29. The second-order valence-corrected chi connectivity index (χ2v) is 9.79. The molecule has 6 aromatic carbocycles. The minimum absolute atomic E-state index is 0.407. The first-order valence-electron chi connectivity index (χ1n) is 12.6. The fraction of sp³-hybridized carbons (Fsp3) is 0.0556. The number of aryl methyl sites for hydroxylation is 1. The van der Waals surface area contributed by atoms with Crippen molar-refractivity contribution in [3.63, 3.8) is 0 Å². The molecule has 0 amide bonds. The molecule has 0 saturated carbocycles. The number of hydrogen-bond donors (Lipinski definition) is 0. The van der Waals surface area contributed by atoms with Crippen LogP contribution in [0, 0.1) is 6.92 Å². The Hall–Kier alpha value is -4.42. The van der Waals surface area contributed by atoms with Crippen LogP contribution in [0.3, 0.4) is 0 Å². The van der Waals surface area contributed by atoms with Crippen molar-refractivity contribution in [3.05, 3.63) is 167 Å². The van der Waals surface area contributed by atoms with Gasteiger partial charge in [-0.2, -0.15) is 0 Å². The molecule has 0 aromatic heterocycles. The van der Waals surface area contributed by atoms with Crippen LogP contribution in [0.15, 0.2) is 140 Å². The van der Waals surface area contributed by atoms with E-state index in [-0.39, 0.29) is 0 Å². The van der Waals surface area contributed by atoms with Crippen LogP contribution >= 0.6 is 0 Å². The quantitative estimate of drug-likeness (QED) is 0.248. The number of rotatable bonds is 3. The van der Waals surface area contributed by atoms with Gasteiger partial charge >= 0.3 is 0 Å². The summed E-state index contributed by atoms with van der Waals surface area (Å²) in [5.74, 6) is 0. The summed E-state index contributed by atoms with van der Waals surface area (Å²) in [6, 6.07) is 51.4. The van der Waals surface area contributed by atoms with Crippen LogP contribution in [0.5, 0.6) is 0 Å². The minimum Gasteiger partial charge on any atom is -0.0622 e. The van der Waals surface area contributed by atoms with E-state index in [4.69, 9.17) is 0 Å². The molecule has 0 bridgehead atoms. The number of fused-ring (bicyclic) bond motifs is 4. The Balaban J connectivity index is 1.69. The van der Waals surface area contributed by atoms with Gasteiger partial charge in [0.1, 0.15) is 0 Å². The maximum absolute atomic E-state index is 2.36. The third-order valence-corrected chi connectivity index (χ3v) is 7.77. The van der Waals surface area contributed by atoms with Gasteiger partial charge in [0, 0.05) is 0 Å². The Kier molecular flexibility index (Phi) is 4.69. The van der Waals surface area contributed by atoms with Crippen molar-refractivity contribution >= 4 is 10.8 Å². The molecule has 7 rings (SSSR count). The van der Waals surface area contributed by atoms with Crippen LogP contribution in [0.25, 0.3) is 33.0 Å². The van der Waals surface area contributed by atoms with Crippen LogP contribution in [0.2, 0.25) is 0 Å². The summed E-state index contributed by atoms with van der Waals surface area (Å²) < 4.78 is 0. The Bertz CT molecular complexity index is 1690. The van der Waals surface area contributed by atoms with Gasteiger partial charge in [0.05, 0.1) is 5.41 Å². The predicted octanol–water partition coefficient (Wildman–Crippen LogP) is 9.18. The smallest absolute Gasteiger partial charge is 0.0622 e. The van der Waals surface area contributed by atoms with Crippen molar-refractivity contribution in [2.45, 2.75) is 12.3 Å². The zero-order valence-electron chi connectivity index (χ0n) is 20.3. The van der Waals surface area contributed by atoms with Gasteiger partial charge in [-0.05, 0) is 67.8 Å². The average molecular weight is 459 g/mol. The molecule has 0 aliphatic heterocycles. The van der Waals surface area contributed by atoms with Crippen LogP contribution in [-0.4, -0.2) is 0 Å². The second kappa shape index (κ2) is 8.07. The lowest BCUT2D eigenvalue weighted by Gasteiger charge is -2.35. The molecule has 0 saturated heterocycles. The van der Waals surface area contributed by atoms with Crippen molar-refractivity contribution in [3.8, 4) is 22.3 Å². The molecule has 0 heterocycles. The average Bonchev–Trinajstić information content (AvgIpc) is 3.25. The highest BCUT2D eigenvalue weighted by atomic mass is 14.5. The molecule has 36 heavy (non-hydrogen) atoms. The molecular weight excluding hydrogens is 432 g/mol. The summed E-state index contributed by atoms with van der Waals surface area (Å²) >= 11 is 0. The van der Waals surface area contributed by atoms with E-state index >= 15 is 0 Å². The summed E-state index contributed by atoms with van der Waals surface area (Å²) in [5, 5.41) is 2.58. The van der Waals surface area contributed by atoms with Gasteiger partial charge in [0.25, 0.3) is 0 Å². The number of hydrogen-bond acceptors (Lipinski definition) is 0. The maximum atomic E-state index is 2.36. The summed E-state index contributed by atoms with van der Waals surface area (Å²) in [6.45, 7) is 2.20. The Morgan fingerprint density at radius 3 is 1.72 bits per heavy atom. The number of benzene rings is 6. The SMILES string of the molecule is Cc1cc(-c2cccc3c2C(c2ccccc2)(c2ccccc2)c2ccccc2-3)c2ccccc2c1. The Morgan fingerprint density at radius 1 is 0.444 bits per heavy atom. The topological polar surface area (TPSA) is 0 Å². The first-order chi connectivity index (χ1) is 17.8. The second-order valence-electron chi connectivity index (χ2n) is 9.79. The maximum Gasteiger partial charge on any atom is 0.0719 e. The van der Waals surface area contributed by atoms with E-state index in [9.17, 15) is 0 Å². The van der Waals surface area contributed by atoms with Crippen molar-refractivity contribution in [2.75, 3.05) is 0 Å². The van der Waals surface area contributed by atoms with Crippen LogP contribution < -0.4 is 0 Å². The molecule has 0 radical (unpaired) electrons. The Labute approximate surface area is 212 Å². The monoisotopic (exact) mass is 458 g/mol. The molecule has 1 aliphatic carbocycles. The highest BCUT2D eigenvalue weighted by Crippen LogP contribution is 2.58. The van der Waals surface area contributed by atoms with Crippen LogP contribution in [0.1, 0.15) is 27.8 Å². The highest BCUT2D eigenvalue weighted by Gasteiger charge is 2.47. The van der Waals surface area contributed by atoms with Gasteiger partial charge in [0.2, 0.25) is 0 Å². The van der Waals surface area contributed by atoms with Gasteiger partial charge in [-0.1, -0.05) is 140 Å². The van der Waals surface area contributed by atoms with Gasteiger partial charge in [-0.15, -0.1) is 0 Å². The molecule has 6 aromatic rings. The van der Waals surface area contributed by atoms with Crippen molar-refractivity contribution in [2.24, 2.45) is 0 Å². The molecule has 1 aliphatic rings. The molecule has 0 N–H and O–H groups in total. The zero-order valence-corrected chi connectivity index (χ0v) is 20.3. The van der Waals surface area contributed by atoms with E-state index in [2.05, 4.69) is 146 Å². The minimum atomic E-state index is -0.407. The fourth-order valence-electron chi connectivity index (χ4n) is 6.41. The predicted molar refractivity (Wildman–Crippen MR) is 151 cm³/mol. The summed E-state index contributed by atoms with van der Waals surface area (Å²) in [4.78, 5) is 0.